The van der Waals surface area contributed by atoms with Crippen molar-refractivity contribution in [1.29, 1.82) is 0 Å². The third-order valence-corrected chi connectivity index (χ3v) is 2.66. The number of ketones is 1. The molecule has 1 N–H and O–H groups in total. The van der Waals surface area contributed by atoms with Crippen LogP contribution in [0.3, 0.4) is 0 Å². The van der Waals surface area contributed by atoms with Gasteiger partial charge in [-0.15, -0.1) is 0 Å². The summed E-state index contributed by atoms with van der Waals surface area (Å²) in [6.45, 7) is 1.91. The van der Waals surface area contributed by atoms with Gasteiger partial charge < -0.3 is 14.3 Å². The Kier molecular flexibility index (Phi) is 3.06. The normalized spacial score (nSPS) is 10.6. The standard InChI is InChI=1S/C13H12O5/c1-3-8-4-7-5-9(17-2)6-10(12(7)18-8)11(14)13(15)16/h4-6H,3H2,1-2H3,(H,15,16). The average molecular weight is 248 g/mol. The SMILES string of the molecule is CCc1cc2cc(OC)cc(C(=O)C(=O)O)c2o1. The predicted molar refractivity (Wildman–Crippen MR) is 64.1 cm³/mol. The van der Waals surface area contributed by atoms with E-state index in [9.17, 15) is 9.59 Å². The van der Waals surface area contributed by atoms with E-state index in [0.717, 1.165) is 0 Å². The van der Waals surface area contributed by atoms with Gasteiger partial charge in [0.15, 0.2) is 0 Å². The highest BCUT2D eigenvalue weighted by molar-refractivity contribution is 6.42. The molecule has 0 bridgehead atoms. The lowest BCUT2D eigenvalue weighted by Gasteiger charge is -2.03. The van der Waals surface area contributed by atoms with Crippen molar-refractivity contribution in [3.63, 3.8) is 0 Å². The summed E-state index contributed by atoms with van der Waals surface area (Å²) < 4.78 is 10.5. The summed E-state index contributed by atoms with van der Waals surface area (Å²) in [5, 5.41) is 9.45. The van der Waals surface area contributed by atoms with Gasteiger partial charge in [0, 0.05) is 11.8 Å². The molecule has 0 aliphatic carbocycles. The summed E-state index contributed by atoms with van der Waals surface area (Å²) in [4.78, 5) is 22.4. The minimum atomic E-state index is -1.51. The molecule has 5 heteroatoms. The molecular weight excluding hydrogens is 236 g/mol. The van der Waals surface area contributed by atoms with Crippen molar-refractivity contribution in [2.45, 2.75) is 13.3 Å². The Hall–Kier alpha value is -2.30. The van der Waals surface area contributed by atoms with Crippen molar-refractivity contribution in [3.8, 4) is 5.75 Å². The zero-order valence-corrected chi connectivity index (χ0v) is 10.0. The Morgan fingerprint density at radius 3 is 2.61 bits per heavy atom. The molecule has 0 aliphatic rings. The van der Waals surface area contributed by atoms with Gasteiger partial charge in [0.05, 0.1) is 12.7 Å². The number of hydrogen-bond donors (Lipinski definition) is 1. The van der Waals surface area contributed by atoms with E-state index in [0.29, 0.717) is 28.9 Å². The number of carbonyl (C=O) groups excluding carboxylic acids is 1. The number of carboxylic acids is 1. The fraction of sp³-hybridized carbons (Fsp3) is 0.231. The number of Topliss-reactive ketones (excluding diaryl/α,β-unsaturated/α-hetero) is 1. The number of furan rings is 1. The number of benzene rings is 1. The highest BCUT2D eigenvalue weighted by Gasteiger charge is 2.21. The molecule has 0 fully saturated rings. The van der Waals surface area contributed by atoms with Crippen LogP contribution in [0, 0.1) is 0 Å². The van der Waals surface area contributed by atoms with Gasteiger partial charge in [-0.1, -0.05) is 6.92 Å². The van der Waals surface area contributed by atoms with Gasteiger partial charge in [0.25, 0.3) is 5.78 Å². The summed E-state index contributed by atoms with van der Waals surface area (Å²) in [5.41, 5.74) is 0.302. The van der Waals surface area contributed by atoms with Crippen LogP contribution in [0.15, 0.2) is 22.6 Å². The van der Waals surface area contributed by atoms with Gasteiger partial charge in [-0.2, -0.15) is 0 Å². The average Bonchev–Trinajstić information content (AvgIpc) is 2.79. The van der Waals surface area contributed by atoms with E-state index in [2.05, 4.69) is 0 Å². The topological polar surface area (TPSA) is 76.7 Å². The van der Waals surface area contributed by atoms with Crippen LogP contribution in [0.4, 0.5) is 0 Å². The zero-order valence-electron chi connectivity index (χ0n) is 10.0. The zero-order chi connectivity index (χ0) is 13.3. The van der Waals surface area contributed by atoms with E-state index in [4.69, 9.17) is 14.3 Å². The number of rotatable bonds is 4. The van der Waals surface area contributed by atoms with Crippen LogP contribution in [-0.4, -0.2) is 24.0 Å². The molecule has 1 aromatic carbocycles. The quantitative estimate of drug-likeness (QED) is 0.663. The number of aryl methyl sites for hydroxylation is 1. The Labute approximate surface area is 103 Å². The molecule has 2 rings (SSSR count). The van der Waals surface area contributed by atoms with Gasteiger partial charge in [0.1, 0.15) is 17.1 Å². The highest BCUT2D eigenvalue weighted by Crippen LogP contribution is 2.29. The first-order valence-corrected chi connectivity index (χ1v) is 5.45. The number of methoxy groups -OCH3 is 1. The molecule has 1 aromatic heterocycles. The molecule has 0 radical (unpaired) electrons. The third kappa shape index (κ3) is 1.95. The molecule has 0 saturated heterocycles. The number of hydrogen-bond acceptors (Lipinski definition) is 4. The second kappa shape index (κ2) is 4.52. The second-order valence-electron chi connectivity index (χ2n) is 3.79. The van der Waals surface area contributed by atoms with Gasteiger partial charge in [-0.05, 0) is 18.2 Å². The van der Waals surface area contributed by atoms with Crippen LogP contribution in [0.2, 0.25) is 0 Å². The molecule has 0 amide bonds. The first-order chi connectivity index (χ1) is 8.56. The summed E-state index contributed by atoms with van der Waals surface area (Å²) >= 11 is 0. The van der Waals surface area contributed by atoms with E-state index in [1.54, 1.807) is 12.1 Å². The van der Waals surface area contributed by atoms with Crippen LogP contribution in [0.5, 0.6) is 5.75 Å². The van der Waals surface area contributed by atoms with Crippen LogP contribution >= 0.6 is 0 Å². The molecule has 5 nitrogen and oxygen atoms in total. The number of carbonyl (C=O) groups is 2. The summed E-state index contributed by atoms with van der Waals surface area (Å²) in [5.74, 6) is -1.40. The maximum atomic E-state index is 11.6. The third-order valence-electron chi connectivity index (χ3n) is 2.66. The smallest absolute Gasteiger partial charge is 0.377 e. The largest absolute Gasteiger partial charge is 0.497 e. The van der Waals surface area contributed by atoms with Crippen molar-refractivity contribution in [1.82, 2.24) is 0 Å². The Morgan fingerprint density at radius 2 is 2.06 bits per heavy atom. The summed E-state index contributed by atoms with van der Waals surface area (Å²) in [7, 11) is 1.46. The van der Waals surface area contributed by atoms with Gasteiger partial charge >= 0.3 is 5.97 Å². The first kappa shape index (κ1) is 12.2. The number of aliphatic carboxylic acids is 1. The van der Waals surface area contributed by atoms with E-state index in [-0.39, 0.29) is 5.56 Å². The molecule has 18 heavy (non-hydrogen) atoms. The van der Waals surface area contributed by atoms with Crippen molar-refractivity contribution in [2.24, 2.45) is 0 Å². The van der Waals surface area contributed by atoms with E-state index >= 15 is 0 Å². The highest BCUT2D eigenvalue weighted by atomic mass is 16.5. The van der Waals surface area contributed by atoms with Crippen molar-refractivity contribution >= 4 is 22.7 Å². The summed E-state index contributed by atoms with van der Waals surface area (Å²) in [6.07, 6.45) is 0.664. The molecule has 1 heterocycles. The van der Waals surface area contributed by atoms with Crippen molar-refractivity contribution in [3.05, 3.63) is 29.5 Å². The predicted octanol–water partition coefficient (Wildman–Crippen LogP) is 2.27. The van der Waals surface area contributed by atoms with E-state index < -0.39 is 11.8 Å². The molecule has 0 aliphatic heterocycles. The second-order valence-corrected chi connectivity index (χ2v) is 3.79. The molecule has 94 valence electrons. The minimum absolute atomic E-state index is 0.0107. The monoisotopic (exact) mass is 248 g/mol. The lowest BCUT2D eigenvalue weighted by molar-refractivity contribution is -0.131. The molecule has 0 atom stereocenters. The molecule has 0 unspecified atom stereocenters. The van der Waals surface area contributed by atoms with Crippen molar-refractivity contribution < 1.29 is 23.8 Å². The lowest BCUT2D eigenvalue weighted by Crippen LogP contribution is -2.13. The van der Waals surface area contributed by atoms with Gasteiger partial charge in [-0.25, -0.2) is 4.79 Å². The van der Waals surface area contributed by atoms with E-state index in [1.165, 1.54) is 13.2 Å². The molecule has 0 spiro atoms. The van der Waals surface area contributed by atoms with Gasteiger partial charge in [-0.3, -0.25) is 4.79 Å². The molecule has 2 aromatic rings. The van der Waals surface area contributed by atoms with Crippen LogP contribution in [0.25, 0.3) is 11.0 Å². The maximum Gasteiger partial charge on any atom is 0.377 e. The minimum Gasteiger partial charge on any atom is -0.497 e. The number of fused-ring (bicyclic) bond motifs is 1. The van der Waals surface area contributed by atoms with Crippen LogP contribution in [-0.2, 0) is 11.2 Å². The maximum absolute atomic E-state index is 11.6. The Morgan fingerprint density at radius 1 is 1.33 bits per heavy atom. The van der Waals surface area contributed by atoms with Crippen LogP contribution in [0.1, 0.15) is 23.0 Å². The number of ether oxygens (including phenoxy) is 1. The van der Waals surface area contributed by atoms with Crippen molar-refractivity contribution in [2.75, 3.05) is 7.11 Å². The van der Waals surface area contributed by atoms with E-state index in [1.807, 2.05) is 6.92 Å². The molecule has 0 saturated carbocycles. The molecular formula is C13H12O5. The fourth-order valence-corrected chi connectivity index (χ4v) is 1.75. The Balaban J connectivity index is 2.72. The van der Waals surface area contributed by atoms with Gasteiger partial charge in [0.2, 0.25) is 0 Å². The number of carboxylic acid groups (broad SMARTS) is 1. The summed E-state index contributed by atoms with van der Waals surface area (Å²) in [6, 6.07) is 4.86. The first-order valence-electron chi connectivity index (χ1n) is 5.45. The fourth-order valence-electron chi connectivity index (χ4n) is 1.75. The lowest BCUT2D eigenvalue weighted by atomic mass is 10.1. The van der Waals surface area contributed by atoms with Crippen LogP contribution < -0.4 is 4.74 Å². The Bertz CT molecular complexity index is 624.